The van der Waals surface area contributed by atoms with Gasteiger partial charge < -0.3 is 23.8 Å². The third kappa shape index (κ3) is 19.2. The van der Waals surface area contributed by atoms with E-state index in [-0.39, 0.29) is 140 Å². The predicted molar refractivity (Wildman–Crippen MR) is 343 cm³/mol. The van der Waals surface area contributed by atoms with Crippen LogP contribution in [0.5, 0.6) is 0 Å². The van der Waals surface area contributed by atoms with Crippen LogP contribution in [0.15, 0.2) is 158 Å². The summed E-state index contributed by atoms with van der Waals surface area (Å²) in [6, 6.07) is 41.9. The number of halogens is 13. The average Bonchev–Trinajstić information content (AvgIpc) is 1.44. The van der Waals surface area contributed by atoms with E-state index in [4.69, 9.17) is 30.5 Å². The molecule has 6 aromatic carbocycles. The average molecular weight is 1410 g/mol. The van der Waals surface area contributed by atoms with Gasteiger partial charge in [-0.3, -0.25) is 19.4 Å². The number of hydrogen-bond donors (Lipinski definition) is 0. The van der Waals surface area contributed by atoms with Crippen LogP contribution < -0.4 is 0 Å². The Labute approximate surface area is 572 Å². The minimum absolute atomic E-state index is 0. The number of ketones is 1. The second-order valence-corrected chi connectivity index (χ2v) is 24.7. The Hall–Kier alpha value is -8.65. The van der Waals surface area contributed by atoms with Crippen LogP contribution >= 0.6 is 11.6 Å². The molecule has 0 bridgehead atoms. The molecule has 0 spiro atoms. The molecule has 0 saturated carbocycles. The highest BCUT2D eigenvalue weighted by molar-refractivity contribution is 6.17. The number of benzene rings is 6. The number of likely N-dealkylation sites (tertiary alicyclic amines) is 3. The van der Waals surface area contributed by atoms with Crippen LogP contribution in [0.2, 0.25) is 0 Å². The van der Waals surface area contributed by atoms with Gasteiger partial charge in [-0.15, -0.1) is 11.6 Å². The van der Waals surface area contributed by atoms with Crippen molar-refractivity contribution < 1.29 is 90.8 Å². The molecule has 3 fully saturated rings. The lowest BCUT2D eigenvalue weighted by atomic mass is 9.69. The number of nitrogens with zero attached hydrogens (tertiary/aromatic N) is 5. The van der Waals surface area contributed by atoms with Crippen LogP contribution in [0.25, 0.3) is 0 Å². The number of hydrogen-bond acceptors (Lipinski definition) is 10. The zero-order valence-electron chi connectivity index (χ0n) is 52.6. The van der Waals surface area contributed by atoms with Gasteiger partial charge in [-0.05, 0) is 122 Å². The number of piperidine rings is 2. The number of carbonyl (C=O) groups is 4. The largest absolute Gasteiger partial charge is 0.445 e. The van der Waals surface area contributed by atoms with Crippen LogP contribution in [-0.2, 0) is 77.5 Å². The summed E-state index contributed by atoms with van der Waals surface area (Å²) in [5.74, 6) is -0.176. The molecule has 9 rings (SSSR count). The number of amides is 3. The van der Waals surface area contributed by atoms with Gasteiger partial charge in [0.05, 0.1) is 82.9 Å². The molecule has 6 aromatic rings. The monoisotopic (exact) mass is 1410 g/mol. The van der Waals surface area contributed by atoms with Crippen molar-refractivity contribution in [2.45, 2.75) is 153 Å². The summed E-state index contributed by atoms with van der Waals surface area (Å²) in [6.45, 7) is 1.46. The first kappa shape index (κ1) is 79.3. The smallest absolute Gasteiger partial charge is 0.416 e. The van der Waals surface area contributed by atoms with Gasteiger partial charge >= 0.3 is 36.9 Å². The fourth-order valence-corrected chi connectivity index (χ4v) is 12.5. The van der Waals surface area contributed by atoms with Crippen LogP contribution in [0.3, 0.4) is 0 Å². The maximum Gasteiger partial charge on any atom is 0.416 e. The molecule has 3 aliphatic rings. The molecule has 6 atom stereocenters. The molecule has 3 aliphatic heterocycles. The number of ether oxygens (including phenoxy) is 4. The van der Waals surface area contributed by atoms with E-state index in [1.807, 2.05) is 0 Å². The Balaban J connectivity index is 0.000000306. The van der Waals surface area contributed by atoms with Crippen LogP contribution in [-0.4, -0.2) is 82.8 Å². The van der Waals surface area contributed by atoms with Gasteiger partial charge in [-0.25, -0.2) is 9.59 Å². The molecule has 532 valence electrons. The first-order valence-corrected chi connectivity index (χ1v) is 31.4. The predicted octanol–water partition coefficient (Wildman–Crippen LogP) is 18.9. The fourth-order valence-electron chi connectivity index (χ4n) is 12.4. The van der Waals surface area contributed by atoms with E-state index >= 15 is 0 Å². The summed E-state index contributed by atoms with van der Waals surface area (Å²) in [4.78, 5) is 58.0. The minimum Gasteiger partial charge on any atom is -0.445 e. The van der Waals surface area contributed by atoms with Gasteiger partial charge in [0.2, 0.25) is 5.91 Å². The van der Waals surface area contributed by atoms with Crippen molar-refractivity contribution in [2.24, 2.45) is 5.41 Å². The van der Waals surface area contributed by atoms with Gasteiger partial charge in [0.15, 0.2) is 0 Å². The Morgan fingerprint density at radius 1 is 0.545 bits per heavy atom. The molecule has 0 unspecified atom stereocenters. The van der Waals surface area contributed by atoms with E-state index in [0.29, 0.717) is 65.9 Å². The van der Waals surface area contributed by atoms with Crippen molar-refractivity contribution in [1.29, 1.82) is 10.5 Å². The van der Waals surface area contributed by atoms with E-state index in [0.717, 1.165) is 0 Å². The summed E-state index contributed by atoms with van der Waals surface area (Å²) < 4.78 is 187. The number of Topliss-reactive ketones (excluding diaryl/α,β-unsaturated/α-hetero) is 1. The molecule has 0 aromatic heterocycles. The van der Waals surface area contributed by atoms with Crippen molar-refractivity contribution in [2.75, 3.05) is 38.7 Å². The quantitative estimate of drug-likeness (QED) is 0.0531. The normalized spacial score (nSPS) is 20.9. The van der Waals surface area contributed by atoms with Crippen molar-refractivity contribution >= 4 is 35.5 Å². The Bertz CT molecular complexity index is 3720. The molecule has 99 heavy (non-hydrogen) atoms. The van der Waals surface area contributed by atoms with E-state index in [9.17, 15) is 82.4 Å². The van der Waals surface area contributed by atoms with E-state index in [1.54, 1.807) is 121 Å². The summed E-state index contributed by atoms with van der Waals surface area (Å²) in [5, 5.41) is 20.9. The molecular formula is C73H76ClF12N5O8. The van der Waals surface area contributed by atoms with Gasteiger partial charge in [0.25, 0.3) is 0 Å². The lowest BCUT2D eigenvalue weighted by molar-refractivity contribution is -0.145. The summed E-state index contributed by atoms with van der Waals surface area (Å²) in [5.41, 5.74) is -9.63. The van der Waals surface area contributed by atoms with Crippen LogP contribution in [0.4, 0.5) is 62.3 Å². The summed E-state index contributed by atoms with van der Waals surface area (Å²) in [7, 11) is 0. The molecular weight excluding hydrogens is 1340 g/mol. The van der Waals surface area contributed by atoms with Crippen molar-refractivity contribution in [3.05, 3.63) is 213 Å². The lowest BCUT2D eigenvalue weighted by Gasteiger charge is -2.53. The van der Waals surface area contributed by atoms with E-state index in [1.165, 1.54) is 28.5 Å². The van der Waals surface area contributed by atoms with E-state index < -0.39 is 93.4 Å². The van der Waals surface area contributed by atoms with Gasteiger partial charge in [0.1, 0.15) is 24.5 Å². The molecule has 0 N–H and O–H groups in total. The first-order chi connectivity index (χ1) is 45.8. The topological polar surface area (TPSA) is 162 Å². The lowest BCUT2D eigenvalue weighted by Crippen LogP contribution is -2.66. The number of alkyl halides is 13. The molecule has 0 radical (unpaired) electrons. The highest BCUT2D eigenvalue weighted by atomic mass is 35.5. The highest BCUT2D eigenvalue weighted by Gasteiger charge is 2.57. The summed E-state index contributed by atoms with van der Waals surface area (Å²) >= 11 is 5.77. The van der Waals surface area contributed by atoms with Crippen molar-refractivity contribution in [3.63, 3.8) is 0 Å². The molecule has 26 heteroatoms. The van der Waals surface area contributed by atoms with Crippen molar-refractivity contribution in [3.8, 4) is 12.1 Å². The zero-order valence-corrected chi connectivity index (χ0v) is 53.4. The third-order valence-corrected chi connectivity index (χ3v) is 18.1. The molecule has 3 amide bonds. The van der Waals surface area contributed by atoms with Crippen molar-refractivity contribution in [1.82, 2.24) is 14.7 Å². The summed E-state index contributed by atoms with van der Waals surface area (Å²) in [6.07, 6.45) is -22.8. The second kappa shape index (κ2) is 33.0. The van der Waals surface area contributed by atoms with Crippen LogP contribution in [0.1, 0.15) is 154 Å². The van der Waals surface area contributed by atoms with E-state index in [2.05, 4.69) is 12.1 Å². The van der Waals surface area contributed by atoms with Gasteiger partial charge in [0, 0.05) is 38.2 Å². The first-order valence-electron chi connectivity index (χ1n) is 30.9. The number of carbonyl (C=O) groups excluding carboxylic acids is 4. The SMILES string of the molecule is C.C.C[C@@H](OC[C@@]1(c2ccccc2)CC[C@](C#N)(CC(=O)CCCCl)CN1C(=O)OCc1ccccc1)c1cc(C(F)(F)F)cc(C(F)(F)F)c1.C[C@@H](OC[C@@]1(c2ccccc2)CC[C@](C#N)(N2CCCC2=O)CN1C(=O)OCc1ccccc1)c1cc(C(F)(F)F)cc(C(F)(F)F)c1. The Kier molecular flexibility index (Phi) is 26.5. The second-order valence-electron chi connectivity index (χ2n) is 24.3. The number of rotatable bonds is 20. The Morgan fingerprint density at radius 2 is 0.929 bits per heavy atom. The number of nitriles is 2. The third-order valence-electron chi connectivity index (χ3n) is 17.8. The molecule has 0 aliphatic carbocycles. The van der Waals surface area contributed by atoms with Crippen LogP contribution in [0, 0.1) is 28.1 Å². The van der Waals surface area contributed by atoms with Gasteiger partial charge in [-0.2, -0.15) is 63.2 Å². The molecule has 3 heterocycles. The van der Waals surface area contributed by atoms with Gasteiger partial charge in [-0.1, -0.05) is 136 Å². The molecule has 13 nitrogen and oxygen atoms in total. The standard InChI is InChI=1S/C36H35ClF6N2O4.C35H33F6N3O4.2CH4/c1-25(27-17-29(35(38,39)40)19-30(18-27)36(41,42)43)49-24-34(28-11-6-3-7-12-28)15-14-33(22-44,20-31(46)13-8-16-37)23-45(34)32(47)48-21-26-9-4-2-5-10-26;1-24(26-17-28(34(36,37)38)19-29(18-26)35(39,40)41)48-23-33(27-11-6-3-7-12-27)15-14-32(21-42,43-16-8-13-30(43)45)22-44(33)31(46)47-20-25-9-4-2-5-10-25;;/h2-7,9-12,17-19,25H,8,13-16,20-21,23-24H2,1H3;2-7,9-12,17-19,24H,8,13-16,20,22-23H2,1H3;2*1H4/t25-,33-,34-;24-,32-,33-;;/m11../s1. The maximum absolute atomic E-state index is 14.1. The highest BCUT2D eigenvalue weighted by Crippen LogP contribution is 2.50. The zero-order chi connectivity index (χ0) is 70.6. The minimum atomic E-state index is -5.05. The Morgan fingerprint density at radius 3 is 1.28 bits per heavy atom. The fraction of sp³-hybridized carbons (Fsp3) is 0.425. The molecule has 3 saturated heterocycles. The maximum atomic E-state index is 14.1.